The minimum absolute atomic E-state index is 0.319. The van der Waals surface area contributed by atoms with E-state index in [0.29, 0.717) is 13.2 Å². The molecule has 4 heteroatoms. The quantitative estimate of drug-likeness (QED) is 0.717. The van der Waals surface area contributed by atoms with Gasteiger partial charge in [0.2, 0.25) is 0 Å². The van der Waals surface area contributed by atoms with Gasteiger partial charge in [0.05, 0.1) is 6.61 Å². The zero-order valence-corrected chi connectivity index (χ0v) is 14.7. The van der Waals surface area contributed by atoms with Gasteiger partial charge in [-0.05, 0) is 49.1 Å². The lowest BCUT2D eigenvalue weighted by atomic mass is 10.0. The molecule has 0 aromatic heterocycles. The molecule has 0 spiro atoms. The van der Waals surface area contributed by atoms with Crippen molar-refractivity contribution in [1.82, 2.24) is 0 Å². The topological polar surface area (TPSA) is 44.8 Å². The van der Waals surface area contributed by atoms with E-state index in [1.165, 1.54) is 7.11 Å². The second-order valence-corrected chi connectivity index (χ2v) is 5.62. The molecule has 0 aliphatic heterocycles. The van der Waals surface area contributed by atoms with Crippen LogP contribution in [0.4, 0.5) is 0 Å². The van der Waals surface area contributed by atoms with Crippen LogP contribution in [0.1, 0.15) is 35.3 Å². The highest BCUT2D eigenvalue weighted by atomic mass is 16.6. The predicted molar refractivity (Wildman–Crippen MR) is 93.1 cm³/mol. The Labute approximate surface area is 143 Å². The Morgan fingerprint density at radius 3 is 2.58 bits per heavy atom. The van der Waals surface area contributed by atoms with Gasteiger partial charge in [0.15, 0.2) is 6.10 Å². The summed E-state index contributed by atoms with van der Waals surface area (Å²) in [6.07, 6.45) is -0.747. The smallest absolute Gasteiger partial charge is 0.339 e. The number of hydrogen-bond acceptors (Lipinski definition) is 4. The van der Waals surface area contributed by atoms with Crippen molar-refractivity contribution < 1.29 is 19.0 Å². The number of esters is 1. The molecule has 0 aliphatic rings. The maximum atomic E-state index is 12.1. The SMILES string of the molecule is CCOC(=O)C(OC)c1ccccc1COc1cc(C)ccc1C. The first-order valence-corrected chi connectivity index (χ1v) is 8.04. The molecule has 0 bridgehead atoms. The maximum absolute atomic E-state index is 12.1. The minimum atomic E-state index is -0.747. The van der Waals surface area contributed by atoms with Crippen molar-refractivity contribution in [3.63, 3.8) is 0 Å². The molecular weight excluding hydrogens is 304 g/mol. The molecule has 0 fully saturated rings. The minimum Gasteiger partial charge on any atom is -0.489 e. The fraction of sp³-hybridized carbons (Fsp3) is 0.350. The number of hydrogen-bond donors (Lipinski definition) is 0. The molecule has 0 radical (unpaired) electrons. The number of aryl methyl sites for hydroxylation is 2. The van der Waals surface area contributed by atoms with E-state index < -0.39 is 6.10 Å². The molecule has 1 unspecified atom stereocenters. The van der Waals surface area contributed by atoms with Crippen LogP contribution in [0.25, 0.3) is 0 Å². The van der Waals surface area contributed by atoms with E-state index in [0.717, 1.165) is 28.0 Å². The zero-order chi connectivity index (χ0) is 17.5. The number of ether oxygens (including phenoxy) is 3. The van der Waals surface area contributed by atoms with Crippen molar-refractivity contribution in [2.24, 2.45) is 0 Å². The summed E-state index contributed by atoms with van der Waals surface area (Å²) >= 11 is 0. The van der Waals surface area contributed by atoms with Gasteiger partial charge in [-0.15, -0.1) is 0 Å². The van der Waals surface area contributed by atoms with Crippen molar-refractivity contribution in [3.8, 4) is 5.75 Å². The van der Waals surface area contributed by atoms with E-state index >= 15 is 0 Å². The maximum Gasteiger partial charge on any atom is 0.339 e. The van der Waals surface area contributed by atoms with Crippen molar-refractivity contribution in [2.45, 2.75) is 33.5 Å². The van der Waals surface area contributed by atoms with Gasteiger partial charge >= 0.3 is 5.97 Å². The normalized spacial score (nSPS) is 11.8. The first kappa shape index (κ1) is 18.0. The molecule has 0 heterocycles. The molecule has 128 valence electrons. The third kappa shape index (κ3) is 4.36. The summed E-state index contributed by atoms with van der Waals surface area (Å²) in [5.74, 6) is 0.453. The number of carbonyl (C=O) groups excluding carboxylic acids is 1. The summed E-state index contributed by atoms with van der Waals surface area (Å²) in [5, 5.41) is 0. The molecule has 1 atom stereocenters. The molecule has 2 rings (SSSR count). The Hall–Kier alpha value is -2.33. The first-order valence-electron chi connectivity index (χ1n) is 8.04. The molecule has 0 saturated heterocycles. The third-order valence-electron chi connectivity index (χ3n) is 3.80. The van der Waals surface area contributed by atoms with Crippen molar-refractivity contribution in [1.29, 1.82) is 0 Å². The summed E-state index contributed by atoms with van der Waals surface area (Å²) < 4.78 is 16.4. The fourth-order valence-corrected chi connectivity index (χ4v) is 2.51. The van der Waals surface area contributed by atoms with E-state index in [2.05, 4.69) is 6.07 Å². The summed E-state index contributed by atoms with van der Waals surface area (Å²) in [7, 11) is 1.50. The molecule has 0 amide bonds. The van der Waals surface area contributed by atoms with Crippen LogP contribution in [0.2, 0.25) is 0 Å². The van der Waals surface area contributed by atoms with Crippen molar-refractivity contribution >= 4 is 5.97 Å². The molecular formula is C20H24O4. The average Bonchev–Trinajstić information content (AvgIpc) is 2.57. The van der Waals surface area contributed by atoms with Crippen molar-refractivity contribution in [3.05, 3.63) is 64.7 Å². The van der Waals surface area contributed by atoms with Crippen LogP contribution in [0.3, 0.4) is 0 Å². The molecule has 0 aliphatic carbocycles. The van der Waals surface area contributed by atoms with E-state index in [-0.39, 0.29) is 5.97 Å². The Bertz CT molecular complexity index is 694. The van der Waals surface area contributed by atoms with Gasteiger partial charge in [-0.25, -0.2) is 4.79 Å². The third-order valence-corrected chi connectivity index (χ3v) is 3.80. The number of methoxy groups -OCH3 is 1. The monoisotopic (exact) mass is 328 g/mol. The largest absolute Gasteiger partial charge is 0.489 e. The molecule has 24 heavy (non-hydrogen) atoms. The molecule has 4 nitrogen and oxygen atoms in total. The number of benzene rings is 2. The molecule has 0 N–H and O–H groups in total. The summed E-state index contributed by atoms with van der Waals surface area (Å²) in [6.45, 7) is 6.50. The molecule has 0 saturated carbocycles. The Kier molecular flexibility index (Phi) is 6.38. The highest BCUT2D eigenvalue weighted by Crippen LogP contribution is 2.25. The van der Waals surface area contributed by atoms with Crippen LogP contribution in [0.5, 0.6) is 5.75 Å². The van der Waals surface area contributed by atoms with Crippen LogP contribution in [0, 0.1) is 13.8 Å². The van der Waals surface area contributed by atoms with Crippen molar-refractivity contribution in [2.75, 3.05) is 13.7 Å². The van der Waals surface area contributed by atoms with Gasteiger partial charge in [0.25, 0.3) is 0 Å². The van der Waals surface area contributed by atoms with Crippen LogP contribution in [0.15, 0.2) is 42.5 Å². The highest BCUT2D eigenvalue weighted by Gasteiger charge is 2.24. The molecule has 2 aromatic carbocycles. The summed E-state index contributed by atoms with van der Waals surface area (Å²) in [5.41, 5.74) is 3.89. The van der Waals surface area contributed by atoms with Crippen LogP contribution in [-0.4, -0.2) is 19.7 Å². The lowest BCUT2D eigenvalue weighted by molar-refractivity contribution is -0.155. The van der Waals surface area contributed by atoms with Gasteiger partial charge in [-0.1, -0.05) is 36.4 Å². The fourth-order valence-electron chi connectivity index (χ4n) is 2.51. The Balaban J connectivity index is 2.22. The van der Waals surface area contributed by atoms with E-state index in [1.54, 1.807) is 6.92 Å². The Morgan fingerprint density at radius 2 is 1.88 bits per heavy atom. The van der Waals surface area contributed by atoms with E-state index in [9.17, 15) is 4.79 Å². The zero-order valence-electron chi connectivity index (χ0n) is 14.7. The average molecular weight is 328 g/mol. The van der Waals surface area contributed by atoms with Gasteiger partial charge in [0.1, 0.15) is 12.4 Å². The van der Waals surface area contributed by atoms with E-state index in [1.807, 2.05) is 50.2 Å². The Morgan fingerprint density at radius 1 is 1.12 bits per heavy atom. The van der Waals surface area contributed by atoms with Crippen LogP contribution < -0.4 is 4.74 Å². The van der Waals surface area contributed by atoms with E-state index in [4.69, 9.17) is 14.2 Å². The number of rotatable bonds is 7. The van der Waals surface area contributed by atoms with Gasteiger partial charge in [0, 0.05) is 7.11 Å². The first-order chi connectivity index (χ1) is 11.6. The van der Waals surface area contributed by atoms with Crippen LogP contribution in [-0.2, 0) is 20.9 Å². The van der Waals surface area contributed by atoms with Gasteiger partial charge in [-0.2, -0.15) is 0 Å². The van der Waals surface area contributed by atoms with Crippen LogP contribution >= 0.6 is 0 Å². The second-order valence-electron chi connectivity index (χ2n) is 5.62. The standard InChI is InChI=1S/C20H24O4/c1-5-23-20(21)19(22-4)17-9-7-6-8-16(17)13-24-18-12-14(2)10-11-15(18)3/h6-12,19H,5,13H2,1-4H3. The lowest BCUT2D eigenvalue weighted by Gasteiger charge is -2.18. The summed E-state index contributed by atoms with van der Waals surface area (Å²) in [6, 6.07) is 13.7. The van der Waals surface area contributed by atoms with Gasteiger partial charge in [-0.3, -0.25) is 0 Å². The molecule has 2 aromatic rings. The summed E-state index contributed by atoms with van der Waals surface area (Å²) in [4.78, 5) is 12.1. The second kappa shape index (κ2) is 8.50. The van der Waals surface area contributed by atoms with Gasteiger partial charge < -0.3 is 14.2 Å². The predicted octanol–water partition coefficient (Wildman–Crippen LogP) is 4.13. The highest BCUT2D eigenvalue weighted by molar-refractivity contribution is 5.77. The lowest BCUT2D eigenvalue weighted by Crippen LogP contribution is -2.19. The number of carbonyl (C=O) groups is 1.